The van der Waals surface area contributed by atoms with Crippen molar-refractivity contribution in [1.29, 1.82) is 0 Å². The molecule has 0 unspecified atom stereocenters. The first-order valence-electron chi connectivity index (χ1n) is 8.36. The van der Waals surface area contributed by atoms with Gasteiger partial charge < -0.3 is 9.64 Å². The molecule has 2 aliphatic heterocycles. The van der Waals surface area contributed by atoms with Gasteiger partial charge in [-0.3, -0.25) is 14.4 Å². The molecule has 0 spiro atoms. The van der Waals surface area contributed by atoms with E-state index in [1.165, 1.54) is 5.69 Å². The fourth-order valence-electron chi connectivity index (χ4n) is 3.67. The molecular weight excluding hydrogens is 324 g/mol. The second-order valence-electron chi connectivity index (χ2n) is 6.46. The summed E-state index contributed by atoms with van der Waals surface area (Å²) >= 11 is 1.57. The van der Waals surface area contributed by atoms with E-state index in [1.54, 1.807) is 11.3 Å². The van der Waals surface area contributed by atoms with E-state index in [2.05, 4.69) is 16.1 Å². The predicted molar refractivity (Wildman–Crippen MR) is 92.0 cm³/mol. The third kappa shape index (κ3) is 2.99. The van der Waals surface area contributed by atoms with E-state index in [0.29, 0.717) is 13.2 Å². The minimum Gasteiger partial charge on any atom is -0.374 e. The SMILES string of the molecule is Cn1nccc1CN1CC[C@H]2OCCN(C(=O)c3ccsc3)[C@@H]2C1. The van der Waals surface area contributed by atoms with Crippen molar-refractivity contribution in [3.05, 3.63) is 40.3 Å². The lowest BCUT2D eigenvalue weighted by molar-refractivity contribution is -0.0916. The lowest BCUT2D eigenvalue weighted by Crippen LogP contribution is -2.61. The van der Waals surface area contributed by atoms with Gasteiger partial charge in [-0.1, -0.05) is 0 Å². The molecule has 7 heteroatoms. The molecule has 0 saturated carbocycles. The number of aromatic nitrogens is 2. The van der Waals surface area contributed by atoms with Crippen molar-refractivity contribution in [2.45, 2.75) is 25.1 Å². The molecule has 6 nitrogen and oxygen atoms in total. The molecule has 0 N–H and O–H groups in total. The molecule has 128 valence electrons. The van der Waals surface area contributed by atoms with Crippen LogP contribution < -0.4 is 0 Å². The van der Waals surface area contributed by atoms with Gasteiger partial charge in [0.1, 0.15) is 0 Å². The largest absolute Gasteiger partial charge is 0.374 e. The topological polar surface area (TPSA) is 50.6 Å². The van der Waals surface area contributed by atoms with Crippen LogP contribution >= 0.6 is 11.3 Å². The summed E-state index contributed by atoms with van der Waals surface area (Å²) in [7, 11) is 1.97. The van der Waals surface area contributed by atoms with Crippen LogP contribution in [0.25, 0.3) is 0 Å². The van der Waals surface area contributed by atoms with Gasteiger partial charge in [0.05, 0.1) is 30.0 Å². The van der Waals surface area contributed by atoms with Crippen molar-refractivity contribution in [3.63, 3.8) is 0 Å². The van der Waals surface area contributed by atoms with E-state index in [-0.39, 0.29) is 18.1 Å². The van der Waals surface area contributed by atoms with E-state index >= 15 is 0 Å². The summed E-state index contributed by atoms with van der Waals surface area (Å²) in [5.41, 5.74) is 1.99. The lowest BCUT2D eigenvalue weighted by atomic mass is 9.98. The Morgan fingerprint density at radius 2 is 2.33 bits per heavy atom. The van der Waals surface area contributed by atoms with Gasteiger partial charge in [-0.2, -0.15) is 16.4 Å². The molecule has 2 aromatic rings. The van der Waals surface area contributed by atoms with E-state index < -0.39 is 0 Å². The Balaban J connectivity index is 1.49. The molecule has 4 rings (SSSR count). The molecule has 1 amide bonds. The zero-order valence-electron chi connectivity index (χ0n) is 13.8. The van der Waals surface area contributed by atoms with Crippen molar-refractivity contribution in [2.24, 2.45) is 7.05 Å². The fourth-order valence-corrected chi connectivity index (χ4v) is 4.30. The minimum absolute atomic E-state index is 0.133. The number of carbonyl (C=O) groups is 1. The predicted octanol–water partition coefficient (Wildman–Crippen LogP) is 1.60. The van der Waals surface area contributed by atoms with Crippen LogP contribution in [0.3, 0.4) is 0 Å². The molecule has 2 aliphatic rings. The van der Waals surface area contributed by atoms with Crippen LogP contribution in [-0.2, 0) is 18.3 Å². The second-order valence-corrected chi connectivity index (χ2v) is 7.24. The van der Waals surface area contributed by atoms with Crippen molar-refractivity contribution >= 4 is 17.2 Å². The number of rotatable bonds is 3. The molecule has 2 aromatic heterocycles. The Bertz CT molecular complexity index is 699. The zero-order valence-corrected chi connectivity index (χ0v) is 14.6. The van der Waals surface area contributed by atoms with Gasteiger partial charge >= 0.3 is 0 Å². The van der Waals surface area contributed by atoms with Crippen LogP contribution in [0.4, 0.5) is 0 Å². The normalized spacial score (nSPS) is 24.8. The van der Waals surface area contributed by atoms with Crippen molar-refractivity contribution in [3.8, 4) is 0 Å². The monoisotopic (exact) mass is 346 g/mol. The highest BCUT2D eigenvalue weighted by Gasteiger charge is 2.39. The standard InChI is InChI=1S/C17H22N4O2S/c1-19-14(2-5-18-19)10-20-6-3-16-15(11-20)21(7-8-23-16)17(22)13-4-9-24-12-13/h2,4-5,9,12,15-16H,3,6-8,10-11H2,1H3/t15-,16-/m1/s1. The van der Waals surface area contributed by atoms with Crippen LogP contribution in [-0.4, -0.2) is 63.9 Å². The molecule has 2 atom stereocenters. The number of likely N-dealkylation sites (tertiary alicyclic amines) is 1. The Hall–Kier alpha value is -1.70. The average molecular weight is 346 g/mol. The Morgan fingerprint density at radius 1 is 1.42 bits per heavy atom. The van der Waals surface area contributed by atoms with E-state index in [0.717, 1.165) is 31.6 Å². The average Bonchev–Trinajstić information content (AvgIpc) is 3.26. The fraction of sp³-hybridized carbons (Fsp3) is 0.529. The van der Waals surface area contributed by atoms with Gasteiger partial charge in [0, 0.05) is 44.8 Å². The first kappa shape index (κ1) is 15.8. The van der Waals surface area contributed by atoms with Gasteiger partial charge in [0.2, 0.25) is 0 Å². The highest BCUT2D eigenvalue weighted by Crippen LogP contribution is 2.26. The molecule has 24 heavy (non-hydrogen) atoms. The molecule has 0 radical (unpaired) electrons. The van der Waals surface area contributed by atoms with Gasteiger partial charge in [-0.05, 0) is 23.9 Å². The number of carbonyl (C=O) groups excluding carboxylic acids is 1. The number of nitrogens with zero attached hydrogens (tertiary/aromatic N) is 4. The highest BCUT2D eigenvalue weighted by atomic mass is 32.1. The summed E-state index contributed by atoms with van der Waals surface area (Å²) in [6, 6.07) is 4.10. The summed E-state index contributed by atoms with van der Waals surface area (Å²) in [4.78, 5) is 17.3. The number of hydrogen-bond donors (Lipinski definition) is 0. The first-order chi connectivity index (χ1) is 11.7. The third-order valence-corrected chi connectivity index (χ3v) is 5.69. The number of thiophene rings is 1. The van der Waals surface area contributed by atoms with Gasteiger partial charge in [-0.25, -0.2) is 0 Å². The van der Waals surface area contributed by atoms with E-state index in [9.17, 15) is 4.79 Å². The first-order valence-corrected chi connectivity index (χ1v) is 9.30. The van der Waals surface area contributed by atoms with Crippen molar-refractivity contribution in [2.75, 3.05) is 26.2 Å². The summed E-state index contributed by atoms with van der Waals surface area (Å²) in [5, 5.41) is 8.14. The quantitative estimate of drug-likeness (QED) is 0.847. The lowest BCUT2D eigenvalue weighted by Gasteiger charge is -2.47. The smallest absolute Gasteiger partial charge is 0.255 e. The van der Waals surface area contributed by atoms with Crippen LogP contribution in [0.15, 0.2) is 29.1 Å². The maximum Gasteiger partial charge on any atom is 0.255 e. The molecule has 0 bridgehead atoms. The molecule has 2 fully saturated rings. The second kappa shape index (κ2) is 6.66. The molecule has 2 saturated heterocycles. The van der Waals surface area contributed by atoms with Crippen LogP contribution in [0.1, 0.15) is 22.5 Å². The summed E-state index contributed by atoms with van der Waals surface area (Å²) in [6.07, 6.45) is 2.96. The summed E-state index contributed by atoms with van der Waals surface area (Å²) in [6.45, 7) is 4.02. The van der Waals surface area contributed by atoms with Crippen LogP contribution in [0.5, 0.6) is 0 Å². The number of amides is 1. The van der Waals surface area contributed by atoms with E-state index in [1.807, 2.05) is 39.7 Å². The number of hydrogen-bond acceptors (Lipinski definition) is 5. The third-order valence-electron chi connectivity index (χ3n) is 5.01. The maximum atomic E-state index is 12.8. The van der Waals surface area contributed by atoms with Crippen LogP contribution in [0.2, 0.25) is 0 Å². The number of morpholine rings is 1. The van der Waals surface area contributed by atoms with Crippen molar-refractivity contribution in [1.82, 2.24) is 19.6 Å². The van der Waals surface area contributed by atoms with E-state index in [4.69, 9.17) is 4.74 Å². The summed E-state index contributed by atoms with van der Waals surface area (Å²) in [5.74, 6) is 0.136. The Labute approximate surface area is 145 Å². The Kier molecular flexibility index (Phi) is 4.39. The number of fused-ring (bicyclic) bond motifs is 1. The maximum absolute atomic E-state index is 12.8. The van der Waals surface area contributed by atoms with Gasteiger partial charge in [-0.15, -0.1) is 0 Å². The Morgan fingerprint density at radius 3 is 3.08 bits per heavy atom. The zero-order chi connectivity index (χ0) is 16.5. The van der Waals surface area contributed by atoms with Gasteiger partial charge in [0.25, 0.3) is 5.91 Å². The number of ether oxygens (including phenoxy) is 1. The molecule has 0 aliphatic carbocycles. The van der Waals surface area contributed by atoms with Crippen LogP contribution in [0, 0.1) is 0 Å². The molecular formula is C17H22N4O2S. The number of piperidine rings is 1. The number of aryl methyl sites for hydroxylation is 1. The molecule has 4 heterocycles. The highest BCUT2D eigenvalue weighted by molar-refractivity contribution is 7.08. The minimum atomic E-state index is 0.133. The van der Waals surface area contributed by atoms with Gasteiger partial charge in [0.15, 0.2) is 0 Å². The van der Waals surface area contributed by atoms with Crippen molar-refractivity contribution < 1.29 is 9.53 Å². The summed E-state index contributed by atoms with van der Waals surface area (Å²) < 4.78 is 7.87. The molecule has 0 aromatic carbocycles.